The molecular formula is C17H20ClN3O4. The van der Waals surface area contributed by atoms with E-state index in [1.807, 2.05) is 11.8 Å². The van der Waals surface area contributed by atoms with Crippen LogP contribution in [0, 0.1) is 5.92 Å². The van der Waals surface area contributed by atoms with Gasteiger partial charge in [-0.15, -0.1) is 0 Å². The van der Waals surface area contributed by atoms with Crippen LogP contribution >= 0.6 is 11.6 Å². The van der Waals surface area contributed by atoms with Gasteiger partial charge in [0.25, 0.3) is 0 Å². The van der Waals surface area contributed by atoms with E-state index in [0.29, 0.717) is 54.1 Å². The SMILES string of the molecule is CCc1cnc(-c2cc(Cl)c(N3CCC(C(=O)O)CC3)nc2OC)o1. The van der Waals surface area contributed by atoms with E-state index in [1.165, 1.54) is 7.11 Å². The fourth-order valence-corrected chi connectivity index (χ4v) is 3.20. The zero-order valence-electron chi connectivity index (χ0n) is 14.2. The Bertz CT molecular complexity index is 769. The van der Waals surface area contributed by atoms with Gasteiger partial charge in [0.05, 0.1) is 24.2 Å². The second kappa shape index (κ2) is 7.31. The molecule has 3 rings (SSSR count). The molecule has 2 aromatic heterocycles. The molecule has 0 radical (unpaired) electrons. The first-order chi connectivity index (χ1) is 12.0. The standard InChI is InChI=1S/C17H20ClN3O4/c1-3-11-9-19-15(25-11)12-8-13(18)14(20-16(12)24-2)21-6-4-10(5-7-21)17(22)23/h8-10H,3-7H2,1-2H3,(H,22,23). The lowest BCUT2D eigenvalue weighted by Gasteiger charge is -2.31. The van der Waals surface area contributed by atoms with Gasteiger partial charge in [-0.1, -0.05) is 18.5 Å². The number of piperidine rings is 1. The maximum Gasteiger partial charge on any atom is 0.306 e. The number of aryl methyl sites for hydroxylation is 1. The Labute approximate surface area is 150 Å². The van der Waals surface area contributed by atoms with Crippen LogP contribution in [-0.2, 0) is 11.2 Å². The minimum absolute atomic E-state index is 0.309. The minimum atomic E-state index is -0.748. The molecule has 0 atom stereocenters. The third-order valence-corrected chi connectivity index (χ3v) is 4.67. The van der Waals surface area contributed by atoms with E-state index in [4.69, 9.17) is 25.9 Å². The van der Waals surface area contributed by atoms with Gasteiger partial charge < -0.3 is 19.2 Å². The van der Waals surface area contributed by atoms with Gasteiger partial charge in [0.2, 0.25) is 11.8 Å². The van der Waals surface area contributed by atoms with Gasteiger partial charge in [0.1, 0.15) is 11.3 Å². The number of carboxylic acids is 1. The van der Waals surface area contributed by atoms with Crippen LogP contribution in [0.25, 0.3) is 11.5 Å². The van der Waals surface area contributed by atoms with Crippen molar-refractivity contribution in [3.63, 3.8) is 0 Å². The fourth-order valence-electron chi connectivity index (χ4n) is 2.93. The number of pyridine rings is 1. The van der Waals surface area contributed by atoms with E-state index in [-0.39, 0.29) is 5.92 Å². The number of hydrogen-bond donors (Lipinski definition) is 1. The molecule has 0 bridgehead atoms. The molecule has 1 aliphatic heterocycles. The molecule has 1 aliphatic rings. The Hall–Kier alpha value is -2.28. The van der Waals surface area contributed by atoms with Crippen molar-refractivity contribution in [1.29, 1.82) is 0 Å². The number of carbonyl (C=O) groups is 1. The lowest BCUT2D eigenvalue weighted by molar-refractivity contribution is -0.142. The molecule has 3 heterocycles. The number of anilines is 1. The molecule has 25 heavy (non-hydrogen) atoms. The molecule has 0 aromatic carbocycles. The topological polar surface area (TPSA) is 88.7 Å². The van der Waals surface area contributed by atoms with Crippen LogP contribution in [-0.4, -0.2) is 41.2 Å². The zero-order valence-corrected chi connectivity index (χ0v) is 14.9. The summed E-state index contributed by atoms with van der Waals surface area (Å²) in [5.74, 6) is 1.10. The van der Waals surface area contributed by atoms with E-state index in [9.17, 15) is 4.79 Å². The van der Waals surface area contributed by atoms with E-state index >= 15 is 0 Å². The monoisotopic (exact) mass is 365 g/mol. The summed E-state index contributed by atoms with van der Waals surface area (Å²) in [6.45, 7) is 3.16. The summed E-state index contributed by atoms with van der Waals surface area (Å²) < 4.78 is 11.1. The zero-order chi connectivity index (χ0) is 18.0. The van der Waals surface area contributed by atoms with Crippen LogP contribution in [0.2, 0.25) is 5.02 Å². The average molecular weight is 366 g/mol. The third-order valence-electron chi connectivity index (χ3n) is 4.39. The molecule has 7 nitrogen and oxygen atoms in total. The second-order valence-electron chi connectivity index (χ2n) is 5.94. The van der Waals surface area contributed by atoms with Crippen molar-refractivity contribution in [3.05, 3.63) is 23.0 Å². The quantitative estimate of drug-likeness (QED) is 0.869. The Balaban J connectivity index is 1.88. The van der Waals surface area contributed by atoms with Crippen LogP contribution in [0.1, 0.15) is 25.5 Å². The highest BCUT2D eigenvalue weighted by Gasteiger charge is 2.27. The van der Waals surface area contributed by atoms with Crippen LogP contribution < -0.4 is 9.64 Å². The molecule has 8 heteroatoms. The molecule has 2 aromatic rings. The van der Waals surface area contributed by atoms with Gasteiger partial charge in [0, 0.05) is 19.5 Å². The Morgan fingerprint density at radius 2 is 2.20 bits per heavy atom. The highest BCUT2D eigenvalue weighted by molar-refractivity contribution is 6.33. The number of aromatic nitrogens is 2. The molecule has 0 amide bonds. The van der Waals surface area contributed by atoms with Gasteiger partial charge in [0.15, 0.2) is 5.82 Å². The highest BCUT2D eigenvalue weighted by Crippen LogP contribution is 2.37. The van der Waals surface area contributed by atoms with Crippen LogP contribution in [0.5, 0.6) is 5.88 Å². The van der Waals surface area contributed by atoms with Crippen molar-refractivity contribution in [2.45, 2.75) is 26.2 Å². The van der Waals surface area contributed by atoms with Crippen molar-refractivity contribution in [1.82, 2.24) is 9.97 Å². The lowest BCUT2D eigenvalue weighted by atomic mass is 9.97. The van der Waals surface area contributed by atoms with Crippen LogP contribution in [0.3, 0.4) is 0 Å². The average Bonchev–Trinajstić information content (AvgIpc) is 3.10. The summed E-state index contributed by atoms with van der Waals surface area (Å²) in [6.07, 6.45) is 3.55. The van der Waals surface area contributed by atoms with Gasteiger partial charge >= 0.3 is 5.97 Å². The van der Waals surface area contributed by atoms with Gasteiger partial charge in [-0.25, -0.2) is 4.98 Å². The summed E-state index contributed by atoms with van der Waals surface area (Å²) in [4.78, 5) is 21.9. The first kappa shape index (κ1) is 17.5. The number of nitrogens with zero attached hydrogens (tertiary/aromatic N) is 3. The summed E-state index contributed by atoms with van der Waals surface area (Å²) in [7, 11) is 1.53. The number of aliphatic carboxylic acids is 1. The molecule has 1 N–H and O–H groups in total. The third kappa shape index (κ3) is 3.56. The molecule has 0 spiro atoms. The number of ether oxygens (including phenoxy) is 1. The Kier molecular flexibility index (Phi) is 5.13. The van der Waals surface area contributed by atoms with E-state index in [0.717, 1.165) is 12.2 Å². The van der Waals surface area contributed by atoms with Crippen LogP contribution in [0.4, 0.5) is 5.82 Å². The molecule has 0 aliphatic carbocycles. The summed E-state index contributed by atoms with van der Waals surface area (Å²) in [5.41, 5.74) is 0.594. The molecule has 1 fully saturated rings. The molecule has 1 saturated heterocycles. The van der Waals surface area contributed by atoms with Crippen molar-refractivity contribution >= 4 is 23.4 Å². The maximum atomic E-state index is 11.1. The number of methoxy groups -OCH3 is 1. The van der Waals surface area contributed by atoms with Crippen molar-refractivity contribution in [2.24, 2.45) is 5.92 Å². The Morgan fingerprint density at radius 3 is 2.76 bits per heavy atom. The largest absolute Gasteiger partial charge is 0.481 e. The first-order valence-electron chi connectivity index (χ1n) is 8.20. The normalized spacial score (nSPS) is 15.4. The van der Waals surface area contributed by atoms with Gasteiger partial charge in [-0.2, -0.15) is 4.98 Å². The lowest BCUT2D eigenvalue weighted by Crippen LogP contribution is -2.37. The number of oxazole rings is 1. The second-order valence-corrected chi connectivity index (χ2v) is 6.34. The van der Waals surface area contributed by atoms with Gasteiger partial charge in [-0.05, 0) is 18.9 Å². The fraction of sp³-hybridized carbons (Fsp3) is 0.471. The maximum absolute atomic E-state index is 11.1. The van der Waals surface area contributed by atoms with Gasteiger partial charge in [-0.3, -0.25) is 4.79 Å². The van der Waals surface area contributed by atoms with Crippen molar-refractivity contribution < 1.29 is 19.1 Å². The number of carboxylic acid groups (broad SMARTS) is 1. The number of halogens is 1. The summed E-state index contributed by atoms with van der Waals surface area (Å²) >= 11 is 6.44. The summed E-state index contributed by atoms with van der Waals surface area (Å²) in [6, 6.07) is 1.73. The molecule has 0 saturated carbocycles. The highest BCUT2D eigenvalue weighted by atomic mass is 35.5. The predicted octanol–water partition coefficient (Wildman–Crippen LogP) is 3.26. The molecule has 134 valence electrons. The van der Waals surface area contributed by atoms with E-state index in [1.54, 1.807) is 12.3 Å². The van der Waals surface area contributed by atoms with Crippen molar-refractivity contribution in [2.75, 3.05) is 25.1 Å². The summed E-state index contributed by atoms with van der Waals surface area (Å²) in [5, 5.41) is 9.58. The molecular weight excluding hydrogens is 346 g/mol. The number of rotatable bonds is 5. The number of hydrogen-bond acceptors (Lipinski definition) is 6. The van der Waals surface area contributed by atoms with E-state index in [2.05, 4.69) is 9.97 Å². The minimum Gasteiger partial charge on any atom is -0.481 e. The van der Waals surface area contributed by atoms with Crippen molar-refractivity contribution in [3.8, 4) is 17.3 Å². The first-order valence-corrected chi connectivity index (χ1v) is 8.58. The smallest absolute Gasteiger partial charge is 0.306 e. The predicted molar refractivity (Wildman–Crippen MR) is 93.2 cm³/mol. The Morgan fingerprint density at radius 1 is 1.48 bits per heavy atom. The molecule has 0 unspecified atom stereocenters. The van der Waals surface area contributed by atoms with Crippen LogP contribution in [0.15, 0.2) is 16.7 Å². The van der Waals surface area contributed by atoms with E-state index < -0.39 is 5.97 Å².